The van der Waals surface area contributed by atoms with Crippen molar-refractivity contribution in [1.29, 1.82) is 0 Å². The van der Waals surface area contributed by atoms with Crippen LogP contribution in [0.3, 0.4) is 0 Å². The molecule has 1 unspecified atom stereocenters. The smallest absolute Gasteiger partial charge is 0.121 e. The molecule has 3 rings (SSSR count). The highest BCUT2D eigenvalue weighted by molar-refractivity contribution is 5.74. The Labute approximate surface area is 122 Å². The molecule has 1 aromatic heterocycles. The third-order valence-corrected chi connectivity index (χ3v) is 3.44. The molecule has 0 aliphatic rings. The number of phenols is 2. The molecule has 0 saturated heterocycles. The SMILES string of the molecule is CC(NCc1nc2ccccc2[nH]1)c1cc(O)cc(O)c1. The van der Waals surface area contributed by atoms with Gasteiger partial charge in [-0.1, -0.05) is 12.1 Å². The lowest BCUT2D eigenvalue weighted by Crippen LogP contribution is -2.18. The third-order valence-electron chi connectivity index (χ3n) is 3.44. The molecule has 1 atom stereocenters. The number of para-hydroxylation sites is 2. The number of rotatable bonds is 4. The van der Waals surface area contributed by atoms with Crippen LogP contribution in [0.1, 0.15) is 24.4 Å². The zero-order valence-electron chi connectivity index (χ0n) is 11.7. The third kappa shape index (κ3) is 2.98. The van der Waals surface area contributed by atoms with E-state index in [1.165, 1.54) is 6.07 Å². The number of aromatic hydroxyl groups is 2. The van der Waals surface area contributed by atoms with Crippen LogP contribution < -0.4 is 5.32 Å². The van der Waals surface area contributed by atoms with Crippen molar-refractivity contribution in [3.63, 3.8) is 0 Å². The molecule has 21 heavy (non-hydrogen) atoms. The summed E-state index contributed by atoms with van der Waals surface area (Å²) in [6, 6.07) is 12.4. The molecule has 0 radical (unpaired) electrons. The van der Waals surface area contributed by atoms with Gasteiger partial charge in [0, 0.05) is 12.1 Å². The predicted octanol–water partition coefficient (Wildman–Crippen LogP) is 2.82. The summed E-state index contributed by atoms with van der Waals surface area (Å²) in [7, 11) is 0. The van der Waals surface area contributed by atoms with E-state index in [4.69, 9.17) is 0 Å². The number of nitrogens with one attached hydrogen (secondary N) is 2. The maximum absolute atomic E-state index is 9.52. The highest BCUT2D eigenvalue weighted by atomic mass is 16.3. The number of aromatic nitrogens is 2. The molecule has 2 aromatic carbocycles. The first-order valence-corrected chi connectivity index (χ1v) is 6.82. The van der Waals surface area contributed by atoms with Gasteiger partial charge in [-0.05, 0) is 36.8 Å². The standard InChI is InChI=1S/C16H17N3O2/c1-10(11-6-12(20)8-13(21)7-11)17-9-16-18-14-4-2-3-5-15(14)19-16/h2-8,10,17,20-21H,9H2,1H3,(H,18,19). The molecule has 1 heterocycles. The Hall–Kier alpha value is -2.53. The average Bonchev–Trinajstić information content (AvgIpc) is 2.86. The summed E-state index contributed by atoms with van der Waals surface area (Å²) < 4.78 is 0. The molecule has 0 aliphatic carbocycles. The second-order valence-corrected chi connectivity index (χ2v) is 5.09. The molecule has 0 fully saturated rings. The van der Waals surface area contributed by atoms with E-state index < -0.39 is 0 Å². The normalized spacial score (nSPS) is 12.6. The second-order valence-electron chi connectivity index (χ2n) is 5.09. The van der Waals surface area contributed by atoms with E-state index in [0.29, 0.717) is 6.54 Å². The maximum Gasteiger partial charge on any atom is 0.121 e. The zero-order chi connectivity index (χ0) is 14.8. The quantitative estimate of drug-likeness (QED) is 0.593. The fourth-order valence-corrected chi connectivity index (χ4v) is 2.33. The number of fused-ring (bicyclic) bond motifs is 1. The highest BCUT2D eigenvalue weighted by Gasteiger charge is 2.09. The molecule has 5 heteroatoms. The minimum Gasteiger partial charge on any atom is -0.508 e. The summed E-state index contributed by atoms with van der Waals surface area (Å²) in [5.74, 6) is 0.970. The van der Waals surface area contributed by atoms with Crippen molar-refractivity contribution in [2.45, 2.75) is 19.5 Å². The average molecular weight is 283 g/mol. The van der Waals surface area contributed by atoms with Crippen LogP contribution in [0.25, 0.3) is 11.0 Å². The summed E-state index contributed by atoms with van der Waals surface area (Å²) in [5.41, 5.74) is 2.78. The largest absolute Gasteiger partial charge is 0.508 e. The zero-order valence-corrected chi connectivity index (χ0v) is 11.7. The number of phenolic OH excluding ortho intramolecular Hbond substituents is 2. The van der Waals surface area contributed by atoms with Crippen LogP contribution in [0.5, 0.6) is 11.5 Å². The fourth-order valence-electron chi connectivity index (χ4n) is 2.33. The molecule has 0 spiro atoms. The lowest BCUT2D eigenvalue weighted by Gasteiger charge is -2.14. The minimum absolute atomic E-state index is 0.0174. The topological polar surface area (TPSA) is 81.2 Å². The van der Waals surface area contributed by atoms with Gasteiger partial charge < -0.3 is 20.5 Å². The van der Waals surface area contributed by atoms with Crippen LogP contribution in [0.15, 0.2) is 42.5 Å². The molecule has 3 aromatic rings. The number of nitrogens with zero attached hydrogens (tertiary/aromatic N) is 1. The Morgan fingerprint density at radius 2 is 1.86 bits per heavy atom. The van der Waals surface area contributed by atoms with Gasteiger partial charge in [0.15, 0.2) is 0 Å². The van der Waals surface area contributed by atoms with Gasteiger partial charge in [0.25, 0.3) is 0 Å². The first-order valence-electron chi connectivity index (χ1n) is 6.82. The number of hydrogen-bond acceptors (Lipinski definition) is 4. The van der Waals surface area contributed by atoms with Crippen LogP contribution in [-0.2, 0) is 6.54 Å². The van der Waals surface area contributed by atoms with Crippen molar-refractivity contribution in [3.05, 3.63) is 53.9 Å². The Bertz CT molecular complexity index is 714. The van der Waals surface area contributed by atoms with Crippen molar-refractivity contribution >= 4 is 11.0 Å². The summed E-state index contributed by atoms with van der Waals surface area (Å²) in [6.07, 6.45) is 0. The molecular weight excluding hydrogens is 266 g/mol. The number of hydrogen-bond donors (Lipinski definition) is 4. The van der Waals surface area contributed by atoms with Gasteiger partial charge >= 0.3 is 0 Å². The van der Waals surface area contributed by atoms with Gasteiger partial charge in [-0.3, -0.25) is 0 Å². The monoisotopic (exact) mass is 283 g/mol. The number of aromatic amines is 1. The van der Waals surface area contributed by atoms with E-state index in [2.05, 4.69) is 15.3 Å². The van der Waals surface area contributed by atoms with Gasteiger partial charge in [0.05, 0.1) is 17.6 Å². The highest BCUT2D eigenvalue weighted by Crippen LogP contribution is 2.24. The summed E-state index contributed by atoms with van der Waals surface area (Å²) >= 11 is 0. The summed E-state index contributed by atoms with van der Waals surface area (Å²) in [6.45, 7) is 2.54. The van der Waals surface area contributed by atoms with E-state index >= 15 is 0 Å². The Morgan fingerprint density at radius 3 is 2.57 bits per heavy atom. The number of imidazole rings is 1. The maximum atomic E-state index is 9.52. The van der Waals surface area contributed by atoms with E-state index in [9.17, 15) is 10.2 Å². The van der Waals surface area contributed by atoms with E-state index in [0.717, 1.165) is 22.4 Å². The van der Waals surface area contributed by atoms with Gasteiger partial charge in [-0.15, -0.1) is 0 Å². The van der Waals surface area contributed by atoms with Crippen LogP contribution in [0.2, 0.25) is 0 Å². The summed E-state index contributed by atoms with van der Waals surface area (Å²) in [5, 5.41) is 22.3. The van der Waals surface area contributed by atoms with E-state index in [1.54, 1.807) is 12.1 Å². The lowest BCUT2D eigenvalue weighted by molar-refractivity contribution is 0.446. The number of benzene rings is 2. The van der Waals surface area contributed by atoms with Crippen LogP contribution in [0.4, 0.5) is 0 Å². The molecule has 108 valence electrons. The van der Waals surface area contributed by atoms with Crippen LogP contribution in [-0.4, -0.2) is 20.2 Å². The van der Waals surface area contributed by atoms with Gasteiger partial charge in [-0.2, -0.15) is 0 Å². The molecule has 0 saturated carbocycles. The second kappa shape index (κ2) is 5.46. The minimum atomic E-state index is -0.0174. The Morgan fingerprint density at radius 1 is 1.14 bits per heavy atom. The van der Waals surface area contributed by atoms with E-state index in [1.807, 2.05) is 31.2 Å². The molecular formula is C16H17N3O2. The predicted molar refractivity (Wildman–Crippen MR) is 81.1 cm³/mol. The van der Waals surface area contributed by atoms with Crippen molar-refractivity contribution in [1.82, 2.24) is 15.3 Å². The van der Waals surface area contributed by atoms with Crippen LogP contribution in [0, 0.1) is 0 Å². The molecule has 0 bridgehead atoms. The lowest BCUT2D eigenvalue weighted by atomic mass is 10.1. The number of H-pyrrole nitrogens is 1. The van der Waals surface area contributed by atoms with Crippen molar-refractivity contribution in [2.75, 3.05) is 0 Å². The molecule has 5 nitrogen and oxygen atoms in total. The van der Waals surface area contributed by atoms with Crippen molar-refractivity contribution < 1.29 is 10.2 Å². The Balaban J connectivity index is 1.71. The van der Waals surface area contributed by atoms with Crippen molar-refractivity contribution in [3.8, 4) is 11.5 Å². The van der Waals surface area contributed by atoms with Crippen molar-refractivity contribution in [2.24, 2.45) is 0 Å². The molecule has 0 aliphatic heterocycles. The fraction of sp³-hybridized carbons (Fsp3) is 0.188. The first kappa shape index (κ1) is 13.5. The van der Waals surface area contributed by atoms with Gasteiger partial charge in [-0.25, -0.2) is 4.98 Å². The van der Waals surface area contributed by atoms with Gasteiger partial charge in [0.2, 0.25) is 0 Å². The Kier molecular flexibility index (Phi) is 3.50. The van der Waals surface area contributed by atoms with Crippen LogP contribution >= 0.6 is 0 Å². The summed E-state index contributed by atoms with van der Waals surface area (Å²) in [4.78, 5) is 7.75. The van der Waals surface area contributed by atoms with Gasteiger partial charge in [0.1, 0.15) is 17.3 Å². The molecule has 4 N–H and O–H groups in total. The molecule has 0 amide bonds. The van der Waals surface area contributed by atoms with E-state index in [-0.39, 0.29) is 17.5 Å². The first-order chi connectivity index (χ1) is 10.1.